The maximum atomic E-state index is 12.5. The van der Waals surface area contributed by atoms with Crippen molar-refractivity contribution in [2.45, 2.75) is 19.8 Å². The predicted molar refractivity (Wildman–Crippen MR) is 126 cm³/mol. The van der Waals surface area contributed by atoms with Crippen LogP contribution in [0, 0.1) is 0 Å². The third-order valence-corrected chi connectivity index (χ3v) is 4.84. The number of carbonyl (C=O) groups excluding carboxylic acids is 3. The number of benzene rings is 2. The zero-order valence-corrected chi connectivity index (χ0v) is 19.2. The fourth-order valence-corrected chi connectivity index (χ4v) is 3.05. The van der Waals surface area contributed by atoms with Gasteiger partial charge < -0.3 is 20.3 Å². The number of nitrogens with one attached hydrogen (secondary N) is 2. The summed E-state index contributed by atoms with van der Waals surface area (Å²) >= 11 is 0. The smallest absolute Gasteiger partial charge is 0.255 e. The molecule has 2 rings (SSSR count). The van der Waals surface area contributed by atoms with Gasteiger partial charge in [0, 0.05) is 38.3 Å². The number of amides is 3. The van der Waals surface area contributed by atoms with Crippen LogP contribution in [0.3, 0.4) is 0 Å². The number of hydrogen-bond donors (Lipinski definition) is 2. The van der Waals surface area contributed by atoms with E-state index in [4.69, 9.17) is 4.74 Å². The highest BCUT2D eigenvalue weighted by molar-refractivity contribution is 6.05. The van der Waals surface area contributed by atoms with Crippen molar-refractivity contribution in [3.05, 3.63) is 54.1 Å². The van der Waals surface area contributed by atoms with Crippen LogP contribution < -0.4 is 15.4 Å². The average Bonchev–Trinajstić information content (AvgIpc) is 2.78. The van der Waals surface area contributed by atoms with Crippen molar-refractivity contribution < 1.29 is 19.1 Å². The number of nitrogens with zero attached hydrogens (tertiary/aromatic N) is 2. The molecule has 0 spiro atoms. The summed E-state index contributed by atoms with van der Waals surface area (Å²) in [5.41, 5.74) is 1.65. The predicted octanol–water partition coefficient (Wildman–Crippen LogP) is 3.08. The third-order valence-electron chi connectivity index (χ3n) is 4.84. The summed E-state index contributed by atoms with van der Waals surface area (Å²) in [6, 6.07) is 13.9. The maximum absolute atomic E-state index is 12.5. The lowest BCUT2D eigenvalue weighted by molar-refractivity contribution is -0.130. The monoisotopic (exact) mass is 440 g/mol. The molecule has 0 radical (unpaired) electrons. The van der Waals surface area contributed by atoms with Crippen LogP contribution in [-0.4, -0.2) is 68.4 Å². The summed E-state index contributed by atoms with van der Waals surface area (Å²) in [6.45, 7) is 3.59. The minimum absolute atomic E-state index is 0.0147. The van der Waals surface area contributed by atoms with Crippen molar-refractivity contribution in [3.63, 3.8) is 0 Å². The molecule has 0 aliphatic rings. The number of carbonyl (C=O) groups is 3. The highest BCUT2D eigenvalue weighted by atomic mass is 16.5. The molecule has 2 N–H and O–H groups in total. The first-order chi connectivity index (χ1) is 15.3. The van der Waals surface area contributed by atoms with Crippen LogP contribution >= 0.6 is 0 Å². The zero-order chi connectivity index (χ0) is 23.5. The highest BCUT2D eigenvalue weighted by Crippen LogP contribution is 2.23. The molecule has 0 saturated heterocycles. The summed E-state index contributed by atoms with van der Waals surface area (Å²) in [5.74, 6) is 0.178. The van der Waals surface area contributed by atoms with E-state index in [1.54, 1.807) is 62.5 Å². The second-order valence-electron chi connectivity index (χ2n) is 7.59. The van der Waals surface area contributed by atoms with Crippen LogP contribution in [-0.2, 0) is 9.59 Å². The van der Waals surface area contributed by atoms with Gasteiger partial charge in [-0.25, -0.2) is 0 Å². The van der Waals surface area contributed by atoms with Crippen LogP contribution in [0.4, 0.5) is 11.4 Å². The van der Waals surface area contributed by atoms with Crippen molar-refractivity contribution in [3.8, 4) is 5.75 Å². The topological polar surface area (TPSA) is 91.0 Å². The molecule has 0 atom stereocenters. The van der Waals surface area contributed by atoms with Gasteiger partial charge in [0.15, 0.2) is 0 Å². The molecule has 0 aliphatic heterocycles. The first-order valence-electron chi connectivity index (χ1n) is 10.6. The molecule has 172 valence electrons. The van der Waals surface area contributed by atoms with Crippen LogP contribution in [0.5, 0.6) is 5.75 Å². The Hall–Kier alpha value is -3.39. The maximum Gasteiger partial charge on any atom is 0.255 e. The summed E-state index contributed by atoms with van der Waals surface area (Å²) in [5, 5.41) is 5.66. The van der Waals surface area contributed by atoms with Gasteiger partial charge in [0.05, 0.1) is 19.3 Å². The van der Waals surface area contributed by atoms with Gasteiger partial charge in [-0.3, -0.25) is 19.3 Å². The Morgan fingerprint density at radius 3 is 2.25 bits per heavy atom. The van der Waals surface area contributed by atoms with Crippen LogP contribution in [0.1, 0.15) is 30.1 Å². The first-order valence-corrected chi connectivity index (χ1v) is 10.6. The minimum Gasteiger partial charge on any atom is -0.495 e. The van der Waals surface area contributed by atoms with Crippen molar-refractivity contribution in [2.75, 3.05) is 51.5 Å². The molecule has 0 aromatic heterocycles. The fourth-order valence-electron chi connectivity index (χ4n) is 3.05. The average molecular weight is 441 g/mol. The zero-order valence-electron chi connectivity index (χ0n) is 19.2. The summed E-state index contributed by atoms with van der Waals surface area (Å²) in [6.07, 6.45) is 1.18. The van der Waals surface area contributed by atoms with Crippen LogP contribution in [0.2, 0.25) is 0 Å². The lowest BCUT2D eigenvalue weighted by atomic mass is 10.2. The Balaban J connectivity index is 1.89. The number of methoxy groups -OCH3 is 1. The molecule has 0 aliphatic carbocycles. The Morgan fingerprint density at radius 1 is 0.938 bits per heavy atom. The van der Waals surface area contributed by atoms with Crippen LogP contribution in [0.15, 0.2) is 48.5 Å². The van der Waals surface area contributed by atoms with Gasteiger partial charge >= 0.3 is 0 Å². The lowest BCUT2D eigenvalue weighted by Gasteiger charge is -2.22. The molecule has 0 heterocycles. The molecule has 0 fully saturated rings. The Labute approximate surface area is 189 Å². The van der Waals surface area contributed by atoms with Gasteiger partial charge in [0.25, 0.3) is 5.91 Å². The number of anilines is 2. The van der Waals surface area contributed by atoms with E-state index in [0.29, 0.717) is 35.8 Å². The second kappa shape index (κ2) is 12.5. The van der Waals surface area contributed by atoms with E-state index in [1.165, 1.54) is 0 Å². The third kappa shape index (κ3) is 7.70. The largest absolute Gasteiger partial charge is 0.495 e. The summed E-state index contributed by atoms with van der Waals surface area (Å²) in [7, 11) is 4.99. The van der Waals surface area contributed by atoms with E-state index >= 15 is 0 Å². The van der Waals surface area contributed by atoms with Crippen LogP contribution in [0.25, 0.3) is 0 Å². The Morgan fingerprint density at radius 2 is 1.62 bits per heavy atom. The van der Waals surface area contributed by atoms with E-state index in [9.17, 15) is 14.4 Å². The normalized spacial score (nSPS) is 10.5. The molecule has 8 heteroatoms. The van der Waals surface area contributed by atoms with Gasteiger partial charge in [-0.2, -0.15) is 0 Å². The van der Waals surface area contributed by atoms with Gasteiger partial charge in [-0.15, -0.1) is 0 Å². The molecule has 3 amide bonds. The number of ether oxygens (including phenoxy) is 1. The summed E-state index contributed by atoms with van der Waals surface area (Å²) < 4.78 is 5.25. The molecule has 32 heavy (non-hydrogen) atoms. The fraction of sp³-hybridized carbons (Fsp3) is 0.375. The SMILES string of the molecule is CCCN(CCC(=O)Nc1ccc(C(=O)Nc2ccccc2OC)cc1)CC(=O)N(C)C. The van der Waals surface area contributed by atoms with Crippen molar-refractivity contribution >= 4 is 29.1 Å². The Kier molecular flexibility index (Phi) is 9.69. The Bertz CT molecular complexity index is 912. The molecule has 0 unspecified atom stereocenters. The molecule has 2 aromatic rings. The van der Waals surface area contributed by atoms with Crippen molar-refractivity contribution in [1.29, 1.82) is 0 Å². The van der Waals surface area contributed by atoms with E-state index < -0.39 is 0 Å². The molecule has 0 saturated carbocycles. The summed E-state index contributed by atoms with van der Waals surface area (Å²) in [4.78, 5) is 40.3. The van der Waals surface area contributed by atoms with Gasteiger partial charge in [0.1, 0.15) is 5.75 Å². The number of likely N-dealkylation sites (N-methyl/N-ethyl adjacent to an activating group) is 1. The molecule has 8 nitrogen and oxygen atoms in total. The number of rotatable bonds is 11. The van der Waals surface area contributed by atoms with Gasteiger partial charge in [0.2, 0.25) is 11.8 Å². The van der Waals surface area contributed by atoms with Gasteiger partial charge in [-0.1, -0.05) is 19.1 Å². The first kappa shape index (κ1) is 24.9. The number of para-hydroxylation sites is 2. The number of hydrogen-bond acceptors (Lipinski definition) is 5. The minimum atomic E-state index is -0.270. The quantitative estimate of drug-likeness (QED) is 0.560. The standard InChI is InChI=1S/C24H32N4O4/c1-5-15-28(17-23(30)27(2)3)16-14-22(29)25-19-12-10-18(11-13-19)24(31)26-20-8-6-7-9-21(20)32-4/h6-13H,5,14-17H2,1-4H3,(H,25,29)(H,26,31). The van der Waals surface area contributed by atoms with Gasteiger partial charge in [-0.05, 0) is 49.4 Å². The van der Waals surface area contributed by atoms with E-state index in [1.807, 2.05) is 24.0 Å². The van der Waals surface area contributed by atoms with Crippen molar-refractivity contribution in [1.82, 2.24) is 9.80 Å². The second-order valence-corrected chi connectivity index (χ2v) is 7.59. The molecular formula is C24H32N4O4. The van der Waals surface area contributed by atoms with E-state index in [-0.39, 0.29) is 24.1 Å². The highest BCUT2D eigenvalue weighted by Gasteiger charge is 2.14. The molecule has 0 bridgehead atoms. The van der Waals surface area contributed by atoms with E-state index in [0.717, 1.165) is 13.0 Å². The lowest BCUT2D eigenvalue weighted by Crippen LogP contribution is -2.38. The van der Waals surface area contributed by atoms with Crippen molar-refractivity contribution in [2.24, 2.45) is 0 Å². The molecular weight excluding hydrogens is 408 g/mol. The van der Waals surface area contributed by atoms with E-state index in [2.05, 4.69) is 10.6 Å². The molecule has 2 aromatic carbocycles.